The van der Waals surface area contributed by atoms with E-state index in [1.54, 1.807) is 7.11 Å². The minimum atomic E-state index is 0.342. The van der Waals surface area contributed by atoms with E-state index >= 15 is 0 Å². The second-order valence-electron chi connectivity index (χ2n) is 5.82. The van der Waals surface area contributed by atoms with Crippen LogP contribution in [-0.2, 0) is 0 Å². The quantitative estimate of drug-likeness (QED) is 0.599. The lowest BCUT2D eigenvalue weighted by Crippen LogP contribution is -2.03. The zero-order chi connectivity index (χ0) is 22.4. The molecule has 0 saturated heterocycles. The summed E-state index contributed by atoms with van der Waals surface area (Å²) >= 11 is 0. The zero-order valence-corrected chi connectivity index (χ0v) is 19.9. The monoisotopic (exact) mass is 387 g/mol. The molecule has 0 spiro atoms. The Bertz CT molecular complexity index is 722. The van der Waals surface area contributed by atoms with E-state index in [9.17, 15) is 0 Å². The number of rotatable bonds is 4. The van der Waals surface area contributed by atoms with Gasteiger partial charge in [0.25, 0.3) is 0 Å². The molecule has 0 aromatic carbocycles. The molecule has 2 rings (SSSR count). The van der Waals surface area contributed by atoms with Crippen LogP contribution in [0.15, 0.2) is 24.8 Å². The Balaban J connectivity index is 0. The molecule has 0 fully saturated rings. The highest BCUT2D eigenvalue weighted by atomic mass is 16.5. The molecule has 2 N–H and O–H groups in total. The molecule has 0 bridgehead atoms. The van der Waals surface area contributed by atoms with Crippen LogP contribution >= 0.6 is 0 Å². The summed E-state index contributed by atoms with van der Waals surface area (Å²) in [6.07, 6.45) is 0. The van der Waals surface area contributed by atoms with E-state index in [1.165, 1.54) is 0 Å². The standard InChI is InChI=1S/C18H23N3O.3C2H6/c1-10(2)15-8-7-13(18(20-15)22-6)17-12(5)9-14(19)16(21-17)11(3)4;3*1-2/h7-10H,3,19H2,1-2,4-6H3;3*1-2H3. The number of pyridine rings is 2. The van der Waals surface area contributed by atoms with Crippen LogP contribution in [0, 0.1) is 6.92 Å². The van der Waals surface area contributed by atoms with Crippen molar-refractivity contribution in [3.8, 4) is 17.1 Å². The van der Waals surface area contributed by atoms with E-state index < -0.39 is 0 Å². The number of nitrogen functional groups attached to an aromatic ring is 1. The first-order valence-electron chi connectivity index (χ1n) is 10.3. The molecule has 158 valence electrons. The Hall–Kier alpha value is -2.36. The Morgan fingerprint density at radius 2 is 1.57 bits per heavy atom. The zero-order valence-electron chi connectivity index (χ0n) is 19.9. The smallest absolute Gasteiger partial charge is 0.222 e. The lowest BCUT2D eigenvalue weighted by Gasteiger charge is -2.15. The van der Waals surface area contributed by atoms with E-state index in [-0.39, 0.29) is 0 Å². The number of allylic oxidation sites excluding steroid dienone is 1. The number of aryl methyl sites for hydroxylation is 1. The number of ether oxygens (including phenoxy) is 1. The van der Waals surface area contributed by atoms with E-state index in [0.717, 1.165) is 33.8 Å². The lowest BCUT2D eigenvalue weighted by molar-refractivity contribution is 0.397. The SMILES string of the molecule is C=C(C)c1nc(-c2ccc(C(C)C)nc2OC)c(C)cc1N.CC.CC.CC. The number of nitrogens with two attached hydrogens (primary N) is 1. The Kier molecular flexibility index (Phi) is 14.6. The lowest BCUT2D eigenvalue weighted by atomic mass is 10.0. The number of nitrogens with zero attached hydrogens (tertiary/aromatic N) is 2. The summed E-state index contributed by atoms with van der Waals surface area (Å²) in [4.78, 5) is 9.27. The van der Waals surface area contributed by atoms with Crippen LogP contribution in [0.2, 0.25) is 0 Å². The maximum atomic E-state index is 6.03. The van der Waals surface area contributed by atoms with E-state index in [2.05, 4.69) is 30.4 Å². The summed E-state index contributed by atoms with van der Waals surface area (Å²) in [5.74, 6) is 0.925. The van der Waals surface area contributed by atoms with Gasteiger partial charge in [0.05, 0.1) is 29.7 Å². The van der Waals surface area contributed by atoms with Gasteiger partial charge >= 0.3 is 0 Å². The minimum absolute atomic E-state index is 0.342. The van der Waals surface area contributed by atoms with Gasteiger partial charge in [-0.2, -0.15) is 0 Å². The van der Waals surface area contributed by atoms with Crippen LogP contribution in [0.25, 0.3) is 16.8 Å². The molecule has 0 aliphatic rings. The summed E-state index contributed by atoms with van der Waals surface area (Å²) in [6.45, 7) is 24.0. The average molecular weight is 388 g/mol. The third-order valence-electron chi connectivity index (χ3n) is 3.57. The Labute approximate surface area is 173 Å². The molecule has 0 radical (unpaired) electrons. The van der Waals surface area contributed by atoms with Crippen LogP contribution in [0.5, 0.6) is 5.88 Å². The highest BCUT2D eigenvalue weighted by molar-refractivity contribution is 5.76. The molecule has 4 heteroatoms. The van der Waals surface area contributed by atoms with Crippen molar-refractivity contribution in [1.29, 1.82) is 0 Å². The third-order valence-corrected chi connectivity index (χ3v) is 3.57. The van der Waals surface area contributed by atoms with Crippen molar-refractivity contribution in [2.45, 2.75) is 75.2 Å². The van der Waals surface area contributed by atoms with Crippen molar-refractivity contribution >= 4 is 11.3 Å². The molecule has 0 aliphatic carbocycles. The average Bonchev–Trinajstić information content (AvgIpc) is 2.72. The Morgan fingerprint density at radius 1 is 1.04 bits per heavy atom. The molecular weight excluding hydrogens is 346 g/mol. The summed E-state index contributed by atoms with van der Waals surface area (Å²) < 4.78 is 5.47. The van der Waals surface area contributed by atoms with Crippen molar-refractivity contribution in [1.82, 2.24) is 9.97 Å². The topological polar surface area (TPSA) is 61.0 Å². The highest BCUT2D eigenvalue weighted by Gasteiger charge is 2.16. The fourth-order valence-corrected chi connectivity index (χ4v) is 2.36. The van der Waals surface area contributed by atoms with E-state index in [0.29, 0.717) is 17.5 Å². The van der Waals surface area contributed by atoms with Gasteiger partial charge in [0.15, 0.2) is 0 Å². The molecule has 0 saturated carbocycles. The van der Waals surface area contributed by atoms with Gasteiger partial charge in [-0.15, -0.1) is 0 Å². The summed E-state index contributed by atoms with van der Waals surface area (Å²) in [5.41, 5.74) is 11.9. The van der Waals surface area contributed by atoms with Crippen molar-refractivity contribution < 1.29 is 4.74 Å². The largest absolute Gasteiger partial charge is 0.480 e. The first-order chi connectivity index (χ1) is 13.3. The van der Waals surface area contributed by atoms with Crippen LogP contribution in [-0.4, -0.2) is 17.1 Å². The second kappa shape index (κ2) is 14.7. The van der Waals surface area contributed by atoms with Crippen molar-refractivity contribution in [2.75, 3.05) is 12.8 Å². The number of hydrogen-bond donors (Lipinski definition) is 1. The van der Waals surface area contributed by atoms with Crippen LogP contribution < -0.4 is 10.5 Å². The molecule has 2 aromatic heterocycles. The molecule has 28 heavy (non-hydrogen) atoms. The molecule has 2 aromatic rings. The molecule has 0 atom stereocenters. The maximum Gasteiger partial charge on any atom is 0.222 e. The predicted molar refractivity (Wildman–Crippen MR) is 126 cm³/mol. The van der Waals surface area contributed by atoms with Crippen molar-refractivity contribution in [3.05, 3.63) is 41.7 Å². The predicted octanol–water partition coefficient (Wildman–Crippen LogP) is 7.28. The van der Waals surface area contributed by atoms with Gasteiger partial charge in [-0.25, -0.2) is 9.97 Å². The van der Waals surface area contributed by atoms with Gasteiger partial charge in [0, 0.05) is 5.69 Å². The van der Waals surface area contributed by atoms with Gasteiger partial charge in [0.1, 0.15) is 0 Å². The first kappa shape index (κ1) is 27.9. The van der Waals surface area contributed by atoms with Gasteiger partial charge in [0.2, 0.25) is 5.88 Å². The first-order valence-corrected chi connectivity index (χ1v) is 10.3. The highest BCUT2D eigenvalue weighted by Crippen LogP contribution is 2.33. The molecule has 2 heterocycles. The molecule has 0 aliphatic heterocycles. The number of hydrogen-bond acceptors (Lipinski definition) is 4. The van der Waals surface area contributed by atoms with E-state index in [4.69, 9.17) is 10.5 Å². The molecule has 0 amide bonds. The number of methoxy groups -OCH3 is 1. The van der Waals surface area contributed by atoms with Crippen LogP contribution in [0.1, 0.15) is 85.2 Å². The summed E-state index contributed by atoms with van der Waals surface area (Å²) in [7, 11) is 1.63. The van der Waals surface area contributed by atoms with Gasteiger partial charge < -0.3 is 10.5 Å². The minimum Gasteiger partial charge on any atom is -0.480 e. The normalized spacial score (nSPS) is 9.14. The molecule has 4 nitrogen and oxygen atoms in total. The maximum absolute atomic E-state index is 6.03. The van der Waals surface area contributed by atoms with Gasteiger partial charge in [-0.3, -0.25) is 0 Å². The molecular formula is C24H41N3O. The summed E-state index contributed by atoms with van der Waals surface area (Å²) in [6, 6.07) is 5.94. The van der Waals surface area contributed by atoms with Gasteiger partial charge in [-0.05, 0) is 49.1 Å². The van der Waals surface area contributed by atoms with Gasteiger partial charge in [-0.1, -0.05) is 62.0 Å². The fourth-order valence-electron chi connectivity index (χ4n) is 2.36. The number of aromatic nitrogens is 2. The van der Waals surface area contributed by atoms with Crippen molar-refractivity contribution in [3.63, 3.8) is 0 Å². The second-order valence-corrected chi connectivity index (χ2v) is 5.82. The van der Waals surface area contributed by atoms with Crippen molar-refractivity contribution in [2.24, 2.45) is 0 Å². The third kappa shape index (κ3) is 7.34. The van der Waals surface area contributed by atoms with Crippen LogP contribution in [0.3, 0.4) is 0 Å². The summed E-state index contributed by atoms with van der Waals surface area (Å²) in [5, 5.41) is 0. The molecule has 0 unspecified atom stereocenters. The van der Waals surface area contributed by atoms with Crippen LogP contribution in [0.4, 0.5) is 5.69 Å². The fraction of sp³-hybridized carbons (Fsp3) is 0.500. The Morgan fingerprint density at radius 3 is 2.00 bits per heavy atom. The van der Waals surface area contributed by atoms with E-state index in [1.807, 2.05) is 73.6 Å². The number of anilines is 1.